The Labute approximate surface area is 67.3 Å². The monoisotopic (exact) mass is 194 g/mol. The van der Waals surface area contributed by atoms with E-state index in [0.717, 1.165) is 0 Å². The van der Waals surface area contributed by atoms with Crippen LogP contribution in [0.15, 0.2) is 0 Å². The molecule has 0 amide bonds. The van der Waals surface area contributed by atoms with E-state index in [9.17, 15) is 13.2 Å². The van der Waals surface area contributed by atoms with E-state index in [0.29, 0.717) is 0 Å². The normalized spacial score (nSPS) is 18.6. The van der Waals surface area contributed by atoms with Crippen molar-refractivity contribution in [3.8, 4) is 0 Å². The van der Waals surface area contributed by atoms with Crippen molar-refractivity contribution in [3.05, 3.63) is 0 Å². The van der Waals surface area contributed by atoms with Crippen LogP contribution in [0.3, 0.4) is 0 Å². The molecule has 0 fully saturated rings. The fourth-order valence-corrected chi connectivity index (χ4v) is 0.739. The summed E-state index contributed by atoms with van der Waals surface area (Å²) in [6, 6.07) is 0. The van der Waals surface area contributed by atoms with Gasteiger partial charge in [0, 0.05) is 6.42 Å². The van der Waals surface area contributed by atoms with Crippen molar-refractivity contribution in [2.75, 3.05) is 0 Å². The Hall–Kier alpha value is 0.370. The summed E-state index contributed by atoms with van der Waals surface area (Å²) in [5.74, 6) is 0. The lowest BCUT2D eigenvalue weighted by Gasteiger charge is -2.21. The van der Waals surface area contributed by atoms with E-state index in [1.54, 1.807) is 6.92 Å². The maximum atomic E-state index is 12.5. The van der Waals surface area contributed by atoms with E-state index in [1.165, 1.54) is 0 Å². The number of rotatable bonds is 3. The molecule has 0 saturated heterocycles. The summed E-state index contributed by atoms with van der Waals surface area (Å²) in [4.78, 5) is 0. The van der Waals surface area contributed by atoms with Crippen molar-refractivity contribution >= 4 is 23.2 Å². The third kappa shape index (κ3) is 2.54. The van der Waals surface area contributed by atoms with Crippen LogP contribution in [-0.2, 0) is 0 Å². The van der Waals surface area contributed by atoms with Crippen molar-refractivity contribution in [2.45, 2.75) is 30.3 Å². The minimum atomic E-state index is -3.98. The van der Waals surface area contributed by atoms with Crippen molar-refractivity contribution < 1.29 is 13.2 Å². The van der Waals surface area contributed by atoms with Crippen LogP contribution in [0.25, 0.3) is 0 Å². The van der Waals surface area contributed by atoms with Crippen LogP contribution in [0.4, 0.5) is 13.2 Å². The van der Waals surface area contributed by atoms with Gasteiger partial charge in [-0.05, 0) is 11.6 Å². The van der Waals surface area contributed by atoms with Gasteiger partial charge >= 0.3 is 5.38 Å². The molecule has 0 nitrogen and oxygen atoms in total. The van der Waals surface area contributed by atoms with Crippen LogP contribution < -0.4 is 0 Å². The van der Waals surface area contributed by atoms with Gasteiger partial charge in [-0.2, -0.15) is 8.78 Å². The van der Waals surface area contributed by atoms with Crippen LogP contribution in [0.5, 0.6) is 0 Å². The van der Waals surface area contributed by atoms with Crippen molar-refractivity contribution in [1.29, 1.82) is 0 Å². The second-order valence-corrected chi connectivity index (χ2v) is 3.03. The molecule has 62 valence electrons. The molecular formula is C5H7Cl2F3. The highest BCUT2D eigenvalue weighted by Gasteiger charge is 2.51. The number of alkyl halides is 5. The summed E-state index contributed by atoms with van der Waals surface area (Å²) >= 11 is 9.13. The SMILES string of the molecule is CCCC(F)(Cl)C(F)(F)Cl. The van der Waals surface area contributed by atoms with Gasteiger partial charge in [-0.1, -0.05) is 24.9 Å². The highest BCUT2D eigenvalue weighted by molar-refractivity contribution is 6.32. The number of hydrogen-bond donors (Lipinski definition) is 0. The quantitative estimate of drug-likeness (QED) is 0.604. The minimum absolute atomic E-state index is 0.225. The summed E-state index contributed by atoms with van der Waals surface area (Å²) in [7, 11) is 0. The average Bonchev–Trinajstić information content (AvgIpc) is 1.61. The predicted octanol–water partition coefficient (Wildman–Crippen LogP) is 3.52. The highest BCUT2D eigenvalue weighted by atomic mass is 35.5. The Morgan fingerprint density at radius 2 is 1.60 bits per heavy atom. The fraction of sp³-hybridized carbons (Fsp3) is 1.00. The summed E-state index contributed by atoms with van der Waals surface area (Å²) in [6.07, 6.45) is -0.229. The molecule has 0 aliphatic heterocycles. The summed E-state index contributed by atoms with van der Waals surface area (Å²) in [5.41, 5.74) is 0. The lowest BCUT2D eigenvalue weighted by Crippen LogP contribution is -2.33. The third-order valence-electron chi connectivity index (χ3n) is 0.979. The Kier molecular flexibility index (Phi) is 3.30. The largest absolute Gasteiger partial charge is 0.368 e. The number of halogens is 5. The molecular weight excluding hydrogens is 188 g/mol. The zero-order valence-electron chi connectivity index (χ0n) is 5.30. The second-order valence-electron chi connectivity index (χ2n) is 1.95. The molecule has 0 bridgehead atoms. The third-order valence-corrected chi connectivity index (χ3v) is 1.80. The molecule has 0 spiro atoms. The van der Waals surface area contributed by atoms with Crippen LogP contribution in [-0.4, -0.2) is 10.5 Å². The number of hydrogen-bond acceptors (Lipinski definition) is 0. The van der Waals surface area contributed by atoms with Crippen molar-refractivity contribution in [3.63, 3.8) is 0 Å². The first-order chi connectivity index (χ1) is 4.31. The first-order valence-electron chi connectivity index (χ1n) is 2.76. The van der Waals surface area contributed by atoms with E-state index in [-0.39, 0.29) is 6.42 Å². The molecule has 0 aromatic carbocycles. The molecule has 1 unspecified atom stereocenters. The van der Waals surface area contributed by atoms with Gasteiger partial charge in [0.15, 0.2) is 0 Å². The predicted molar refractivity (Wildman–Crippen MR) is 35.4 cm³/mol. The van der Waals surface area contributed by atoms with Gasteiger partial charge < -0.3 is 0 Å². The van der Waals surface area contributed by atoms with E-state index >= 15 is 0 Å². The average molecular weight is 195 g/mol. The molecule has 0 N–H and O–H groups in total. The molecule has 0 aliphatic rings. The van der Waals surface area contributed by atoms with Gasteiger partial charge in [0.2, 0.25) is 0 Å². The molecule has 0 heterocycles. The smallest absolute Gasteiger partial charge is 0.218 e. The van der Waals surface area contributed by atoms with Crippen LogP contribution >= 0.6 is 23.2 Å². The topological polar surface area (TPSA) is 0 Å². The van der Waals surface area contributed by atoms with Gasteiger partial charge in [-0.15, -0.1) is 0 Å². The summed E-state index contributed by atoms with van der Waals surface area (Å²) in [5, 5.41) is -7.09. The molecule has 0 rings (SSSR count). The first kappa shape index (κ1) is 10.4. The van der Waals surface area contributed by atoms with Gasteiger partial charge in [0.25, 0.3) is 5.13 Å². The van der Waals surface area contributed by atoms with Crippen LogP contribution in [0.1, 0.15) is 19.8 Å². The second kappa shape index (κ2) is 3.18. The van der Waals surface area contributed by atoms with Gasteiger partial charge in [-0.3, -0.25) is 0 Å². The molecule has 1 atom stereocenters. The van der Waals surface area contributed by atoms with E-state index < -0.39 is 16.9 Å². The van der Waals surface area contributed by atoms with E-state index in [2.05, 4.69) is 11.6 Å². The zero-order chi connectivity index (χ0) is 8.41. The molecule has 0 aromatic heterocycles. The van der Waals surface area contributed by atoms with Crippen LogP contribution in [0.2, 0.25) is 0 Å². The maximum absolute atomic E-state index is 12.5. The van der Waals surface area contributed by atoms with Gasteiger partial charge in [0.05, 0.1) is 0 Å². The van der Waals surface area contributed by atoms with E-state index in [4.69, 9.17) is 11.6 Å². The van der Waals surface area contributed by atoms with Crippen molar-refractivity contribution in [1.82, 2.24) is 0 Å². The highest BCUT2D eigenvalue weighted by Crippen LogP contribution is 2.42. The molecule has 5 heteroatoms. The minimum Gasteiger partial charge on any atom is -0.218 e. The lowest BCUT2D eigenvalue weighted by atomic mass is 10.2. The van der Waals surface area contributed by atoms with E-state index in [1.807, 2.05) is 0 Å². The zero-order valence-corrected chi connectivity index (χ0v) is 6.82. The Bertz CT molecular complexity index is 108. The Morgan fingerprint density at radius 3 is 1.70 bits per heavy atom. The maximum Gasteiger partial charge on any atom is 0.368 e. The summed E-state index contributed by atoms with van der Waals surface area (Å²) < 4.78 is 36.4. The molecule has 10 heavy (non-hydrogen) atoms. The fourth-order valence-electron chi connectivity index (χ4n) is 0.456. The molecule has 0 saturated carbocycles. The molecule has 0 aromatic rings. The van der Waals surface area contributed by atoms with Crippen LogP contribution in [0, 0.1) is 0 Å². The standard InChI is InChI=1S/C5H7Cl2F3/c1-2-3-4(6,8)5(7,9)10/h2-3H2,1H3. The summed E-state index contributed by atoms with van der Waals surface area (Å²) in [6.45, 7) is 1.54. The Morgan fingerprint density at radius 1 is 1.20 bits per heavy atom. The first-order valence-corrected chi connectivity index (χ1v) is 3.51. The lowest BCUT2D eigenvalue weighted by molar-refractivity contribution is -0.0241. The van der Waals surface area contributed by atoms with Gasteiger partial charge in [0.1, 0.15) is 0 Å². The van der Waals surface area contributed by atoms with Gasteiger partial charge in [-0.25, -0.2) is 4.39 Å². The van der Waals surface area contributed by atoms with Crippen molar-refractivity contribution in [2.24, 2.45) is 0 Å². The Balaban J connectivity index is 4.10. The molecule has 0 radical (unpaired) electrons. The molecule has 0 aliphatic carbocycles.